The van der Waals surface area contributed by atoms with Crippen molar-refractivity contribution in [2.75, 3.05) is 12.8 Å². The number of rotatable bonds is 3. The van der Waals surface area contributed by atoms with Crippen molar-refractivity contribution in [1.82, 2.24) is 5.32 Å². The van der Waals surface area contributed by atoms with Gasteiger partial charge >= 0.3 is 0 Å². The molecule has 1 nitrogen and oxygen atoms in total. The van der Waals surface area contributed by atoms with Crippen molar-refractivity contribution in [3.8, 4) is 0 Å². The van der Waals surface area contributed by atoms with Crippen LogP contribution in [0.4, 0.5) is 0 Å². The average molecular weight is 289 g/mol. The molecular weight excluding hydrogens is 262 g/mol. The molecule has 1 N–H and O–H groups in total. The Hall–Kier alpha value is -0.470. The maximum atomic E-state index is 3.68. The maximum Gasteiger partial charge on any atom is 0.0170 e. The van der Waals surface area contributed by atoms with Gasteiger partial charge < -0.3 is 5.32 Å². The number of hydrogen-bond acceptors (Lipinski definition) is 2. The molecule has 0 spiro atoms. The second kappa shape index (κ2) is 6.11. The minimum atomic E-state index is 0.654. The first-order valence-electron chi connectivity index (χ1n) is 8.09. The van der Waals surface area contributed by atoms with E-state index in [1.807, 2.05) is 11.8 Å². The summed E-state index contributed by atoms with van der Waals surface area (Å²) < 4.78 is 0. The van der Waals surface area contributed by atoms with Crippen LogP contribution >= 0.6 is 11.8 Å². The first-order valence-corrected chi connectivity index (χ1v) is 9.08. The Bertz CT molecular complexity index is 458. The number of thioether (sulfide) groups is 1. The quantitative estimate of drug-likeness (QED) is 0.877. The smallest absolute Gasteiger partial charge is 0.0170 e. The fourth-order valence-electron chi connectivity index (χ4n) is 4.17. The zero-order valence-electron chi connectivity index (χ0n) is 12.9. The largest absolute Gasteiger partial charge is 0.316 e. The number of likely N-dealkylation sites (N-methyl/N-ethyl adjacent to an activating group) is 1. The Morgan fingerprint density at radius 3 is 2.70 bits per heavy atom. The molecule has 1 aliphatic heterocycles. The third-order valence-corrected chi connectivity index (χ3v) is 6.86. The minimum absolute atomic E-state index is 0.654. The van der Waals surface area contributed by atoms with Crippen LogP contribution in [0, 0.1) is 17.8 Å². The highest BCUT2D eigenvalue weighted by atomic mass is 32.2. The van der Waals surface area contributed by atoms with E-state index in [1.165, 1.54) is 29.9 Å². The fourth-order valence-corrected chi connectivity index (χ4v) is 5.47. The molecule has 2 aliphatic rings. The van der Waals surface area contributed by atoms with Gasteiger partial charge in [-0.2, -0.15) is 0 Å². The number of fused-ring (bicyclic) bond motifs is 1. The van der Waals surface area contributed by atoms with Crippen LogP contribution in [0.5, 0.6) is 0 Å². The van der Waals surface area contributed by atoms with Gasteiger partial charge in [-0.05, 0) is 49.3 Å². The second-order valence-corrected chi connectivity index (χ2v) is 7.86. The standard InChI is InChI=1S/C18H27NS/c1-12-8-9-14(10-13(12)2)18(19-3)16-11-20-17-7-5-4-6-15(16)17/h4-7,12-14,16,18-19H,8-11H2,1-3H3. The highest BCUT2D eigenvalue weighted by Gasteiger charge is 2.37. The van der Waals surface area contributed by atoms with E-state index in [9.17, 15) is 0 Å². The molecule has 1 heterocycles. The fraction of sp³-hybridized carbons (Fsp3) is 0.667. The van der Waals surface area contributed by atoms with Gasteiger partial charge in [0.1, 0.15) is 0 Å². The lowest BCUT2D eigenvalue weighted by atomic mass is 9.70. The molecule has 5 unspecified atom stereocenters. The molecule has 2 heteroatoms. The van der Waals surface area contributed by atoms with Gasteiger partial charge in [-0.25, -0.2) is 0 Å². The molecule has 1 aromatic carbocycles. The van der Waals surface area contributed by atoms with Crippen LogP contribution in [-0.2, 0) is 0 Å². The van der Waals surface area contributed by atoms with Crippen LogP contribution < -0.4 is 5.32 Å². The summed E-state index contributed by atoms with van der Waals surface area (Å²) in [6.45, 7) is 4.87. The van der Waals surface area contributed by atoms with Crippen molar-refractivity contribution in [3.05, 3.63) is 29.8 Å². The Labute approximate surface area is 127 Å². The Balaban J connectivity index is 1.78. The third kappa shape index (κ3) is 2.65. The molecule has 1 aromatic rings. The van der Waals surface area contributed by atoms with Gasteiger partial charge in [-0.1, -0.05) is 38.5 Å². The normalized spacial score (nSPS) is 34.8. The van der Waals surface area contributed by atoms with Gasteiger partial charge in [-0.3, -0.25) is 0 Å². The van der Waals surface area contributed by atoms with E-state index in [0.29, 0.717) is 12.0 Å². The Kier molecular flexibility index (Phi) is 4.42. The van der Waals surface area contributed by atoms with Crippen LogP contribution in [0.3, 0.4) is 0 Å². The molecule has 1 fully saturated rings. The highest BCUT2D eigenvalue weighted by Crippen LogP contribution is 2.45. The lowest BCUT2D eigenvalue weighted by Crippen LogP contribution is -2.42. The summed E-state index contributed by atoms with van der Waals surface area (Å²) >= 11 is 2.05. The van der Waals surface area contributed by atoms with Crippen molar-refractivity contribution in [1.29, 1.82) is 0 Å². The molecule has 3 rings (SSSR count). The van der Waals surface area contributed by atoms with E-state index in [0.717, 1.165) is 17.8 Å². The van der Waals surface area contributed by atoms with Gasteiger partial charge in [0.05, 0.1) is 0 Å². The second-order valence-electron chi connectivity index (χ2n) is 6.80. The molecule has 1 aliphatic carbocycles. The van der Waals surface area contributed by atoms with E-state index in [1.54, 1.807) is 5.56 Å². The lowest BCUT2D eigenvalue weighted by Gasteiger charge is -2.39. The summed E-state index contributed by atoms with van der Waals surface area (Å²) in [7, 11) is 2.17. The zero-order valence-corrected chi connectivity index (χ0v) is 13.7. The van der Waals surface area contributed by atoms with Crippen LogP contribution in [0.1, 0.15) is 44.6 Å². The Morgan fingerprint density at radius 2 is 1.95 bits per heavy atom. The minimum Gasteiger partial charge on any atom is -0.316 e. The average Bonchev–Trinajstić information content (AvgIpc) is 2.88. The molecule has 0 saturated heterocycles. The third-order valence-electron chi connectivity index (χ3n) is 5.65. The Morgan fingerprint density at radius 1 is 1.15 bits per heavy atom. The predicted octanol–water partition coefficient (Wildman–Crippen LogP) is 4.54. The molecule has 0 radical (unpaired) electrons. The van der Waals surface area contributed by atoms with Gasteiger partial charge in [0.15, 0.2) is 0 Å². The first kappa shape index (κ1) is 14.5. The van der Waals surface area contributed by atoms with Gasteiger partial charge in [0, 0.05) is 22.6 Å². The van der Waals surface area contributed by atoms with Crippen LogP contribution in [0.2, 0.25) is 0 Å². The summed E-state index contributed by atoms with van der Waals surface area (Å²) in [5, 5.41) is 3.68. The van der Waals surface area contributed by atoms with E-state index in [4.69, 9.17) is 0 Å². The lowest BCUT2D eigenvalue weighted by molar-refractivity contribution is 0.165. The molecule has 1 saturated carbocycles. The summed E-state index contributed by atoms with van der Waals surface area (Å²) in [5.74, 6) is 4.60. The molecule has 0 aromatic heterocycles. The van der Waals surface area contributed by atoms with Crippen LogP contribution in [0.25, 0.3) is 0 Å². The van der Waals surface area contributed by atoms with Crippen LogP contribution in [-0.4, -0.2) is 18.8 Å². The number of hydrogen-bond donors (Lipinski definition) is 1. The maximum absolute atomic E-state index is 3.68. The van der Waals surface area contributed by atoms with Crippen molar-refractivity contribution in [2.45, 2.75) is 50.0 Å². The monoisotopic (exact) mass is 289 g/mol. The molecular formula is C18H27NS. The summed E-state index contributed by atoms with van der Waals surface area (Å²) in [6, 6.07) is 9.67. The molecule has 0 bridgehead atoms. The predicted molar refractivity (Wildman–Crippen MR) is 88.4 cm³/mol. The highest BCUT2D eigenvalue weighted by molar-refractivity contribution is 7.99. The number of nitrogens with one attached hydrogen (secondary N) is 1. The summed E-state index contributed by atoms with van der Waals surface area (Å²) in [4.78, 5) is 1.51. The van der Waals surface area contributed by atoms with Crippen LogP contribution in [0.15, 0.2) is 29.2 Å². The van der Waals surface area contributed by atoms with Crippen molar-refractivity contribution < 1.29 is 0 Å². The number of benzene rings is 1. The van der Waals surface area contributed by atoms with E-state index >= 15 is 0 Å². The van der Waals surface area contributed by atoms with E-state index in [2.05, 4.69) is 50.5 Å². The van der Waals surface area contributed by atoms with E-state index < -0.39 is 0 Å². The zero-order chi connectivity index (χ0) is 14.1. The van der Waals surface area contributed by atoms with Gasteiger partial charge in [-0.15, -0.1) is 11.8 Å². The van der Waals surface area contributed by atoms with Crippen molar-refractivity contribution in [3.63, 3.8) is 0 Å². The first-order chi connectivity index (χ1) is 9.70. The summed E-state index contributed by atoms with van der Waals surface area (Å²) in [6.07, 6.45) is 4.21. The van der Waals surface area contributed by atoms with Gasteiger partial charge in [0.2, 0.25) is 0 Å². The molecule has 20 heavy (non-hydrogen) atoms. The SMILES string of the molecule is CNC(C1CCC(C)C(C)C1)C1CSc2ccccc21. The molecule has 110 valence electrons. The van der Waals surface area contributed by atoms with E-state index in [-0.39, 0.29) is 0 Å². The van der Waals surface area contributed by atoms with Gasteiger partial charge in [0.25, 0.3) is 0 Å². The molecule has 0 amide bonds. The van der Waals surface area contributed by atoms with Crippen molar-refractivity contribution >= 4 is 11.8 Å². The topological polar surface area (TPSA) is 12.0 Å². The molecule has 5 atom stereocenters. The summed E-state index contributed by atoms with van der Waals surface area (Å²) in [5.41, 5.74) is 1.59. The van der Waals surface area contributed by atoms with Crippen molar-refractivity contribution in [2.24, 2.45) is 17.8 Å².